The first kappa shape index (κ1) is 20.5. The van der Waals surface area contributed by atoms with Gasteiger partial charge < -0.3 is 15.1 Å². The van der Waals surface area contributed by atoms with Crippen molar-refractivity contribution in [2.45, 2.75) is 39.0 Å². The van der Waals surface area contributed by atoms with Crippen LogP contribution < -0.4 is 0 Å². The van der Waals surface area contributed by atoms with Gasteiger partial charge >= 0.3 is 6.18 Å². The fourth-order valence-electron chi connectivity index (χ4n) is 3.92. The van der Waals surface area contributed by atoms with Crippen LogP contribution in [-0.2, 0) is 6.18 Å². The van der Waals surface area contributed by atoms with E-state index in [-0.39, 0.29) is 16.7 Å². The number of halogens is 3. The molecule has 0 spiro atoms. The van der Waals surface area contributed by atoms with E-state index in [2.05, 4.69) is 15.1 Å². The predicted molar refractivity (Wildman–Crippen MR) is 98.7 cm³/mol. The zero-order chi connectivity index (χ0) is 20.7. The monoisotopic (exact) mass is 395 g/mol. The number of piperidine rings is 1. The van der Waals surface area contributed by atoms with Gasteiger partial charge in [0.25, 0.3) is 0 Å². The lowest BCUT2D eigenvalue weighted by molar-refractivity contribution is -0.137. The highest BCUT2D eigenvalue weighted by molar-refractivity contribution is 5.69. The average molecular weight is 395 g/mol. The minimum Gasteiger partial charge on any atom is -0.507 e. The van der Waals surface area contributed by atoms with Crippen LogP contribution in [0.1, 0.15) is 42.7 Å². The average Bonchev–Trinajstić information content (AvgIpc) is 2.60. The summed E-state index contributed by atoms with van der Waals surface area (Å²) in [6, 6.07) is 4.45. The Balaban J connectivity index is 1.91. The van der Waals surface area contributed by atoms with Gasteiger partial charge in [-0.25, -0.2) is 0 Å². The van der Waals surface area contributed by atoms with Crippen LogP contribution in [0.15, 0.2) is 24.3 Å². The van der Waals surface area contributed by atoms with Gasteiger partial charge in [0.15, 0.2) is 0 Å². The van der Waals surface area contributed by atoms with Crippen molar-refractivity contribution in [3.63, 3.8) is 0 Å². The quantitative estimate of drug-likeness (QED) is 0.824. The predicted octanol–water partition coefficient (Wildman–Crippen LogP) is 3.94. The molecule has 0 bridgehead atoms. The largest absolute Gasteiger partial charge is 0.507 e. The topological polar surface area (TPSA) is 69.5 Å². The van der Waals surface area contributed by atoms with Gasteiger partial charge in [0, 0.05) is 17.5 Å². The van der Waals surface area contributed by atoms with Gasteiger partial charge in [0.1, 0.15) is 11.9 Å². The third-order valence-corrected chi connectivity index (χ3v) is 5.44. The maximum absolute atomic E-state index is 12.8. The van der Waals surface area contributed by atoms with E-state index in [0.29, 0.717) is 17.3 Å². The molecule has 0 aliphatic carbocycles. The molecule has 1 saturated heterocycles. The molecule has 1 aliphatic rings. The van der Waals surface area contributed by atoms with Gasteiger partial charge in [-0.05, 0) is 63.2 Å². The number of nitrogens with zero attached hydrogens (tertiary/aromatic N) is 3. The summed E-state index contributed by atoms with van der Waals surface area (Å²) in [6.07, 6.45) is -3.50. The van der Waals surface area contributed by atoms with Crippen molar-refractivity contribution in [3.05, 3.63) is 41.1 Å². The third-order valence-electron chi connectivity index (χ3n) is 5.44. The number of aromatic nitrogens is 2. The summed E-state index contributed by atoms with van der Waals surface area (Å²) in [7, 11) is 2.01. The van der Waals surface area contributed by atoms with Crippen molar-refractivity contribution in [1.29, 1.82) is 0 Å². The third kappa shape index (κ3) is 3.98. The van der Waals surface area contributed by atoms with Crippen LogP contribution in [0.3, 0.4) is 0 Å². The van der Waals surface area contributed by atoms with E-state index in [1.807, 2.05) is 14.0 Å². The summed E-state index contributed by atoms with van der Waals surface area (Å²) in [4.78, 5) is 2.17. The van der Waals surface area contributed by atoms with Gasteiger partial charge in [-0.3, -0.25) is 0 Å². The number of rotatable bonds is 3. The Labute approximate surface area is 161 Å². The number of aryl methyl sites for hydroxylation is 1. The fourth-order valence-corrected chi connectivity index (χ4v) is 3.92. The van der Waals surface area contributed by atoms with Crippen molar-refractivity contribution >= 4 is 0 Å². The van der Waals surface area contributed by atoms with Crippen molar-refractivity contribution in [3.8, 4) is 17.0 Å². The number of aromatic hydroxyl groups is 1. The first-order valence-corrected chi connectivity index (χ1v) is 9.13. The Bertz CT molecular complexity index is 872. The minimum atomic E-state index is -4.53. The van der Waals surface area contributed by atoms with E-state index in [1.54, 1.807) is 13.0 Å². The van der Waals surface area contributed by atoms with Crippen LogP contribution in [0.2, 0.25) is 0 Å². The summed E-state index contributed by atoms with van der Waals surface area (Å²) in [6.45, 7) is 5.46. The molecule has 1 aliphatic heterocycles. The zero-order valence-electron chi connectivity index (χ0n) is 16.1. The van der Waals surface area contributed by atoms with E-state index in [9.17, 15) is 23.4 Å². The first-order valence-electron chi connectivity index (χ1n) is 9.13. The summed E-state index contributed by atoms with van der Waals surface area (Å²) in [5.74, 6) is -0.513. The molecule has 0 saturated carbocycles. The number of phenols is 1. The number of phenolic OH excluding ortho intramolecular Hbond substituents is 1. The minimum absolute atomic E-state index is 0.169. The van der Waals surface area contributed by atoms with Crippen molar-refractivity contribution in [2.75, 3.05) is 20.1 Å². The number of hydrogen-bond donors (Lipinski definition) is 2. The Morgan fingerprint density at radius 1 is 1.21 bits per heavy atom. The number of aliphatic hydroxyl groups excluding tert-OH is 1. The van der Waals surface area contributed by atoms with Crippen LogP contribution in [0.4, 0.5) is 13.2 Å². The molecule has 1 aromatic heterocycles. The summed E-state index contributed by atoms with van der Waals surface area (Å²) < 4.78 is 38.4. The number of alkyl halides is 3. The number of hydrogen-bond acceptors (Lipinski definition) is 5. The molecule has 1 aromatic carbocycles. The molecule has 152 valence electrons. The molecular formula is C20H24F3N3O2. The molecule has 2 N–H and O–H groups in total. The van der Waals surface area contributed by atoms with Crippen molar-refractivity contribution in [1.82, 2.24) is 15.1 Å². The van der Waals surface area contributed by atoms with Gasteiger partial charge in [0.05, 0.1) is 17.0 Å². The Hall–Kier alpha value is -2.19. The van der Waals surface area contributed by atoms with E-state index in [1.165, 1.54) is 6.07 Å². The molecule has 3 rings (SSSR count). The smallest absolute Gasteiger partial charge is 0.416 e. The highest BCUT2D eigenvalue weighted by Gasteiger charge is 2.38. The maximum atomic E-state index is 12.8. The number of benzene rings is 1. The molecule has 28 heavy (non-hydrogen) atoms. The lowest BCUT2D eigenvalue weighted by Crippen LogP contribution is -2.43. The summed E-state index contributed by atoms with van der Waals surface area (Å²) in [5.41, 5.74) is 0.209. The Morgan fingerprint density at radius 2 is 1.93 bits per heavy atom. The molecule has 2 atom stereocenters. The molecule has 0 radical (unpaired) electrons. The molecule has 8 heteroatoms. The summed E-state index contributed by atoms with van der Waals surface area (Å²) in [5, 5.41) is 29.2. The molecule has 0 amide bonds. The first-order chi connectivity index (χ1) is 13.0. The number of likely N-dealkylation sites (tertiary alicyclic amines) is 1. The maximum Gasteiger partial charge on any atom is 0.416 e. The second-order valence-corrected chi connectivity index (χ2v) is 7.93. The van der Waals surface area contributed by atoms with E-state index in [4.69, 9.17) is 0 Å². The van der Waals surface area contributed by atoms with E-state index >= 15 is 0 Å². The van der Waals surface area contributed by atoms with E-state index in [0.717, 1.165) is 32.0 Å². The fraction of sp³-hybridized carbons (Fsp3) is 0.500. The van der Waals surface area contributed by atoms with Gasteiger partial charge in [-0.2, -0.15) is 18.3 Å². The highest BCUT2D eigenvalue weighted by atomic mass is 19.4. The highest BCUT2D eigenvalue weighted by Crippen LogP contribution is 2.41. The van der Waals surface area contributed by atoms with Gasteiger partial charge in [0.2, 0.25) is 0 Å². The summed E-state index contributed by atoms with van der Waals surface area (Å²) >= 11 is 0. The molecule has 0 unspecified atom stereocenters. The number of aliphatic hydroxyl groups is 1. The SMILES string of the molecule is Cc1cc([C@H](O)[C@]2(C)CCCN(C)C2)nnc1-c1ccc(C(F)(F)F)cc1O. The molecule has 5 nitrogen and oxygen atoms in total. The molecule has 2 aromatic rings. The second-order valence-electron chi connectivity index (χ2n) is 7.93. The van der Waals surface area contributed by atoms with Crippen LogP contribution in [0, 0.1) is 12.3 Å². The molecule has 1 fully saturated rings. The Kier molecular flexibility index (Phi) is 5.38. The second kappa shape index (κ2) is 7.33. The van der Waals surface area contributed by atoms with Crippen LogP contribution >= 0.6 is 0 Å². The normalized spacial score (nSPS) is 22.2. The van der Waals surface area contributed by atoms with Crippen LogP contribution in [0.5, 0.6) is 5.75 Å². The lowest BCUT2D eigenvalue weighted by Gasteiger charge is -2.41. The molecular weight excluding hydrogens is 371 g/mol. The lowest BCUT2D eigenvalue weighted by atomic mass is 9.76. The van der Waals surface area contributed by atoms with Crippen LogP contribution in [-0.4, -0.2) is 45.4 Å². The van der Waals surface area contributed by atoms with Crippen molar-refractivity contribution < 1.29 is 23.4 Å². The Morgan fingerprint density at radius 3 is 2.50 bits per heavy atom. The zero-order valence-corrected chi connectivity index (χ0v) is 16.1. The van der Waals surface area contributed by atoms with Gasteiger partial charge in [-0.15, -0.1) is 5.10 Å². The van der Waals surface area contributed by atoms with Crippen molar-refractivity contribution in [2.24, 2.45) is 5.41 Å². The van der Waals surface area contributed by atoms with Crippen LogP contribution in [0.25, 0.3) is 11.3 Å². The van der Waals surface area contributed by atoms with E-state index < -0.39 is 23.6 Å². The molecule has 2 heterocycles. The van der Waals surface area contributed by atoms with Gasteiger partial charge in [-0.1, -0.05) is 6.92 Å². The standard InChI is InChI=1S/C20H24F3N3O2/c1-12-9-15(18(28)19(2)7-4-8-26(3)11-19)24-25-17(12)14-6-5-13(10-16(14)27)20(21,22)23/h5-6,9-10,18,27-28H,4,7-8,11H2,1-3H3/t18-,19+/m0/s1.